The summed E-state index contributed by atoms with van der Waals surface area (Å²) in [5.74, 6) is 4.10. The van der Waals surface area contributed by atoms with Crippen molar-refractivity contribution in [2.24, 2.45) is 35.0 Å². The van der Waals surface area contributed by atoms with Crippen LogP contribution in [0.3, 0.4) is 0 Å². The maximum Gasteiger partial charge on any atom is 0.155 e. The Morgan fingerprint density at radius 1 is 1.09 bits per heavy atom. The van der Waals surface area contributed by atoms with Crippen LogP contribution in [0.2, 0.25) is 0 Å². The minimum Gasteiger partial charge on any atom is -0.300 e. The molecule has 4 rings (SSSR count). The summed E-state index contributed by atoms with van der Waals surface area (Å²) in [6.07, 6.45) is 11.1. The number of carbonyl (C=O) groups is 2. The summed E-state index contributed by atoms with van der Waals surface area (Å²) in [5, 5.41) is 0. The molecule has 22 heavy (non-hydrogen) atoms. The molecule has 0 heterocycles. The van der Waals surface area contributed by atoms with Gasteiger partial charge in [-0.1, -0.05) is 12.5 Å². The molecule has 4 aliphatic rings. The van der Waals surface area contributed by atoms with Gasteiger partial charge in [0.25, 0.3) is 0 Å². The van der Waals surface area contributed by atoms with Gasteiger partial charge in [-0.15, -0.1) is 0 Å². The zero-order valence-electron chi connectivity index (χ0n) is 13.9. The van der Waals surface area contributed by atoms with Gasteiger partial charge in [-0.05, 0) is 87.0 Å². The molecule has 3 saturated carbocycles. The third-order valence-electron chi connectivity index (χ3n) is 7.79. The summed E-state index contributed by atoms with van der Waals surface area (Å²) in [6.45, 7) is 4.21. The predicted molar refractivity (Wildman–Crippen MR) is 86.3 cm³/mol. The lowest BCUT2D eigenvalue weighted by Crippen LogP contribution is -2.47. The molecule has 3 unspecified atom stereocenters. The van der Waals surface area contributed by atoms with E-state index < -0.39 is 0 Å². The topological polar surface area (TPSA) is 34.1 Å². The first kappa shape index (κ1) is 14.7. The van der Waals surface area contributed by atoms with Crippen LogP contribution in [0.4, 0.5) is 0 Å². The minimum atomic E-state index is 0.263. The molecular weight excluding hydrogens is 272 g/mol. The molecule has 0 amide bonds. The molecule has 0 saturated heterocycles. The summed E-state index contributed by atoms with van der Waals surface area (Å²) in [5.41, 5.74) is 1.72. The van der Waals surface area contributed by atoms with Crippen LogP contribution in [-0.2, 0) is 9.59 Å². The maximum atomic E-state index is 12.1. The Morgan fingerprint density at radius 3 is 2.68 bits per heavy atom. The second-order valence-electron chi connectivity index (χ2n) is 8.59. The number of rotatable bonds is 1. The van der Waals surface area contributed by atoms with E-state index in [0.29, 0.717) is 23.4 Å². The van der Waals surface area contributed by atoms with Crippen molar-refractivity contribution in [2.75, 3.05) is 0 Å². The molecule has 0 aromatic heterocycles. The third kappa shape index (κ3) is 1.98. The minimum absolute atomic E-state index is 0.263. The fourth-order valence-electron chi connectivity index (χ4n) is 6.85. The Labute approximate surface area is 133 Å². The van der Waals surface area contributed by atoms with Crippen LogP contribution < -0.4 is 0 Å². The smallest absolute Gasteiger partial charge is 0.155 e. The molecule has 3 fully saturated rings. The maximum absolute atomic E-state index is 12.1. The summed E-state index contributed by atoms with van der Waals surface area (Å²) in [7, 11) is 0. The average molecular weight is 300 g/mol. The van der Waals surface area contributed by atoms with Crippen molar-refractivity contribution in [3.8, 4) is 0 Å². The van der Waals surface area contributed by atoms with E-state index in [4.69, 9.17) is 0 Å². The number of ketones is 2. The highest BCUT2D eigenvalue weighted by atomic mass is 16.1. The zero-order chi connectivity index (χ0) is 15.5. The number of Topliss-reactive ketones (excluding diaryl/α,β-unsaturated/α-hetero) is 1. The van der Waals surface area contributed by atoms with Crippen LogP contribution in [0, 0.1) is 35.0 Å². The normalized spacial score (nSPS) is 47.3. The Morgan fingerprint density at radius 2 is 1.91 bits per heavy atom. The first-order valence-electron chi connectivity index (χ1n) is 9.24. The van der Waals surface area contributed by atoms with Gasteiger partial charge in [0.15, 0.2) is 5.78 Å². The standard InChI is InChI=1S/C20H28O2/c1-12(21)18-7-8-19-17-5-3-13-11-14(22)4-6-15(13)16(17)9-10-20(18,19)2/h11,15-19H,3-10H2,1-2H3/t15-,16?,17?,18+,19?,20+/m0/s1. The molecule has 2 heteroatoms. The highest BCUT2D eigenvalue weighted by Crippen LogP contribution is 2.63. The SMILES string of the molecule is CC(=O)[C@H]1CCC2C3CCC4=CC(=O)CC[C@@H]4C3CC[C@@]21C. The van der Waals surface area contributed by atoms with Crippen molar-refractivity contribution in [2.45, 2.75) is 65.2 Å². The Balaban J connectivity index is 1.62. The third-order valence-corrected chi connectivity index (χ3v) is 7.79. The van der Waals surface area contributed by atoms with Gasteiger partial charge in [-0.25, -0.2) is 0 Å². The lowest BCUT2D eigenvalue weighted by Gasteiger charge is -2.53. The van der Waals surface area contributed by atoms with E-state index in [1.165, 1.54) is 31.3 Å². The van der Waals surface area contributed by atoms with E-state index >= 15 is 0 Å². The molecular formula is C20H28O2. The molecule has 0 bridgehead atoms. The van der Waals surface area contributed by atoms with Crippen LogP contribution in [-0.4, -0.2) is 11.6 Å². The first-order chi connectivity index (χ1) is 10.5. The highest BCUT2D eigenvalue weighted by Gasteiger charge is 2.57. The molecule has 0 aromatic carbocycles. The van der Waals surface area contributed by atoms with Crippen LogP contribution in [0.15, 0.2) is 11.6 Å². The molecule has 2 nitrogen and oxygen atoms in total. The van der Waals surface area contributed by atoms with Crippen LogP contribution in [0.1, 0.15) is 65.2 Å². The van der Waals surface area contributed by atoms with Crippen molar-refractivity contribution < 1.29 is 9.59 Å². The lowest BCUT2D eigenvalue weighted by atomic mass is 9.51. The number of fused-ring (bicyclic) bond motifs is 5. The van der Waals surface area contributed by atoms with Gasteiger partial charge in [-0.3, -0.25) is 9.59 Å². The van der Waals surface area contributed by atoms with E-state index in [1.54, 1.807) is 6.92 Å². The Kier molecular flexibility index (Phi) is 3.36. The molecule has 0 aromatic rings. The molecule has 120 valence electrons. The van der Waals surface area contributed by atoms with Gasteiger partial charge in [-0.2, -0.15) is 0 Å². The largest absolute Gasteiger partial charge is 0.300 e. The van der Waals surface area contributed by atoms with E-state index in [0.717, 1.165) is 43.4 Å². The van der Waals surface area contributed by atoms with E-state index in [9.17, 15) is 9.59 Å². The van der Waals surface area contributed by atoms with Crippen molar-refractivity contribution in [1.82, 2.24) is 0 Å². The first-order valence-corrected chi connectivity index (χ1v) is 9.24. The van der Waals surface area contributed by atoms with Crippen molar-refractivity contribution in [1.29, 1.82) is 0 Å². The number of hydrogen-bond acceptors (Lipinski definition) is 2. The van der Waals surface area contributed by atoms with E-state index in [2.05, 4.69) is 6.92 Å². The van der Waals surface area contributed by atoms with E-state index in [1.807, 2.05) is 6.08 Å². The highest BCUT2D eigenvalue weighted by molar-refractivity contribution is 5.91. The Bertz CT molecular complexity index is 546. The fraction of sp³-hybridized carbons (Fsp3) is 0.800. The van der Waals surface area contributed by atoms with Gasteiger partial charge in [0.2, 0.25) is 0 Å². The number of hydrogen-bond donors (Lipinski definition) is 0. The Hall–Kier alpha value is -0.920. The zero-order valence-corrected chi connectivity index (χ0v) is 13.9. The molecule has 6 atom stereocenters. The predicted octanol–water partition coefficient (Wildman–Crippen LogP) is 4.33. The van der Waals surface area contributed by atoms with Crippen LogP contribution >= 0.6 is 0 Å². The molecule has 0 aliphatic heterocycles. The quantitative estimate of drug-likeness (QED) is 0.722. The average Bonchev–Trinajstić information content (AvgIpc) is 2.84. The second-order valence-corrected chi connectivity index (χ2v) is 8.59. The number of carbonyl (C=O) groups excluding carboxylic acids is 2. The fourth-order valence-corrected chi connectivity index (χ4v) is 6.85. The summed E-state index contributed by atoms with van der Waals surface area (Å²) < 4.78 is 0. The molecule has 4 aliphatic carbocycles. The molecule has 0 radical (unpaired) electrons. The van der Waals surface area contributed by atoms with Crippen LogP contribution in [0.25, 0.3) is 0 Å². The van der Waals surface area contributed by atoms with Gasteiger partial charge in [0, 0.05) is 12.3 Å². The monoisotopic (exact) mass is 300 g/mol. The van der Waals surface area contributed by atoms with Crippen LogP contribution in [0.5, 0.6) is 0 Å². The molecule has 0 spiro atoms. The lowest BCUT2D eigenvalue weighted by molar-refractivity contribution is -0.127. The second kappa shape index (κ2) is 5.04. The van der Waals surface area contributed by atoms with Gasteiger partial charge in [0.1, 0.15) is 5.78 Å². The van der Waals surface area contributed by atoms with Crippen molar-refractivity contribution in [3.63, 3.8) is 0 Å². The summed E-state index contributed by atoms with van der Waals surface area (Å²) in [6, 6.07) is 0. The van der Waals surface area contributed by atoms with Gasteiger partial charge < -0.3 is 0 Å². The van der Waals surface area contributed by atoms with Gasteiger partial charge in [0.05, 0.1) is 0 Å². The van der Waals surface area contributed by atoms with Crippen molar-refractivity contribution in [3.05, 3.63) is 11.6 Å². The summed E-state index contributed by atoms with van der Waals surface area (Å²) in [4.78, 5) is 23.8. The van der Waals surface area contributed by atoms with Gasteiger partial charge >= 0.3 is 0 Å². The summed E-state index contributed by atoms with van der Waals surface area (Å²) >= 11 is 0. The number of allylic oxidation sites excluding steroid dienone is 1. The molecule has 0 N–H and O–H groups in total. The van der Waals surface area contributed by atoms with E-state index in [-0.39, 0.29) is 5.41 Å². The van der Waals surface area contributed by atoms with Crippen molar-refractivity contribution >= 4 is 11.6 Å².